The Morgan fingerprint density at radius 3 is 2.24 bits per heavy atom. The van der Waals surface area contributed by atoms with E-state index in [1.165, 1.54) is 64.0 Å². The minimum Gasteiger partial charge on any atom is -1.00 e. The summed E-state index contributed by atoms with van der Waals surface area (Å²) in [6, 6.07) is 18.4. The third kappa shape index (κ3) is 5.51. The summed E-state index contributed by atoms with van der Waals surface area (Å²) in [6.07, 6.45) is 7.53. The molecule has 3 aromatic rings. The van der Waals surface area contributed by atoms with Crippen LogP contribution in [0.3, 0.4) is 0 Å². The van der Waals surface area contributed by atoms with Crippen LogP contribution < -0.4 is 24.8 Å². The van der Waals surface area contributed by atoms with Gasteiger partial charge < -0.3 is 24.8 Å². The zero-order valence-electron chi connectivity index (χ0n) is 22.8. The standard InChI is InChI=1S/C21H23.C11H14SSi.2ClH.Zr/c1-3-4-5-7-17-10-12-18(13-11-17)20-9-6-8-19-14-16(2)15-21(19)20;1-6-5-8-9(12-6)11-7(2)10(8)13(11,3)4;;;/h6,8-15H,3-5,7H2,1-2H3;5,11H,1-4H3;2*1H;/q;;;;+2/p-2. The van der Waals surface area contributed by atoms with Gasteiger partial charge in [-0.2, -0.15) is 0 Å². The predicted octanol–water partition coefficient (Wildman–Crippen LogP) is 3.83. The quantitative estimate of drug-likeness (QED) is 0.293. The maximum atomic E-state index is 2.52. The van der Waals surface area contributed by atoms with Crippen LogP contribution in [0.5, 0.6) is 0 Å². The number of halogens is 2. The number of unbranched alkanes of at least 4 members (excludes halogenated alkanes) is 2. The number of thiophene rings is 1. The summed E-state index contributed by atoms with van der Waals surface area (Å²) in [5.74, 6) is 0. The van der Waals surface area contributed by atoms with E-state index in [9.17, 15) is 0 Å². The number of fused-ring (bicyclic) bond motifs is 1. The molecule has 2 bridgehead atoms. The van der Waals surface area contributed by atoms with E-state index in [1.54, 1.807) is 45.9 Å². The van der Waals surface area contributed by atoms with Gasteiger partial charge in [-0.1, -0.05) is 30.8 Å². The van der Waals surface area contributed by atoms with Crippen molar-refractivity contribution in [2.24, 2.45) is 0 Å². The van der Waals surface area contributed by atoms with Crippen LogP contribution in [0, 0.1) is 6.92 Å². The Hall–Kier alpha value is -0.700. The van der Waals surface area contributed by atoms with Crippen molar-refractivity contribution in [3.05, 3.63) is 91.7 Å². The molecule has 0 nitrogen and oxygen atoms in total. The van der Waals surface area contributed by atoms with Crippen molar-refractivity contribution in [2.75, 3.05) is 0 Å². The summed E-state index contributed by atoms with van der Waals surface area (Å²) in [5.41, 5.74) is 12.9. The fourth-order valence-corrected chi connectivity index (χ4v) is 13.7. The third-order valence-electron chi connectivity index (χ3n) is 8.22. The molecular formula is C32H37Cl2SSiZr. The SMILES string of the molecule is CC1=C2c3cc(C)sc3C1[Si]2(C)C.CCCCCc1ccc(-c2cccc3c2C=C(C)[CH]3[Zr+2])cc1.[Cl-].[Cl-]. The van der Waals surface area contributed by atoms with E-state index in [4.69, 9.17) is 0 Å². The number of hydrogen-bond donors (Lipinski definition) is 0. The molecule has 37 heavy (non-hydrogen) atoms. The number of hydrogen-bond acceptors (Lipinski definition) is 1. The molecule has 4 aliphatic rings. The van der Waals surface area contributed by atoms with Crippen molar-refractivity contribution in [2.45, 2.75) is 75.6 Å². The molecule has 2 aliphatic heterocycles. The van der Waals surface area contributed by atoms with Crippen LogP contribution in [0.15, 0.2) is 59.7 Å². The Labute approximate surface area is 256 Å². The molecule has 2 atom stereocenters. The second-order valence-corrected chi connectivity index (χ2v) is 18.4. The van der Waals surface area contributed by atoms with Crippen molar-refractivity contribution in [3.8, 4) is 11.1 Å². The summed E-state index contributed by atoms with van der Waals surface area (Å²) in [6.45, 7) is 14.1. The van der Waals surface area contributed by atoms with Gasteiger partial charge in [0.1, 0.15) is 0 Å². The average molecular weight is 644 g/mol. The Kier molecular flexibility index (Phi) is 10.2. The molecule has 2 aromatic carbocycles. The normalized spacial score (nSPS) is 19.5. The van der Waals surface area contributed by atoms with Gasteiger partial charge in [-0.3, -0.25) is 0 Å². The number of allylic oxidation sites excluding steroid dienone is 2. The second-order valence-electron chi connectivity index (χ2n) is 11.1. The van der Waals surface area contributed by atoms with E-state index in [0.717, 1.165) is 5.54 Å². The number of rotatable bonds is 5. The maximum absolute atomic E-state index is 2.52. The van der Waals surface area contributed by atoms with Gasteiger partial charge >= 0.3 is 143 Å². The monoisotopic (exact) mass is 641 g/mol. The van der Waals surface area contributed by atoms with Gasteiger partial charge in [0.2, 0.25) is 0 Å². The molecule has 0 saturated heterocycles. The van der Waals surface area contributed by atoms with Crippen LogP contribution in [0.25, 0.3) is 22.4 Å². The van der Waals surface area contributed by atoms with Gasteiger partial charge in [0, 0.05) is 15.3 Å². The first kappa shape index (κ1) is 30.8. The van der Waals surface area contributed by atoms with E-state index in [1.807, 2.05) is 11.3 Å². The molecule has 193 valence electrons. The van der Waals surface area contributed by atoms with E-state index in [0.29, 0.717) is 3.63 Å². The topological polar surface area (TPSA) is 0 Å². The zero-order chi connectivity index (χ0) is 24.9. The minimum absolute atomic E-state index is 0. The summed E-state index contributed by atoms with van der Waals surface area (Å²) in [5, 5.41) is 1.77. The average Bonchev–Trinajstić information content (AvgIpc) is 3.48. The van der Waals surface area contributed by atoms with Gasteiger partial charge in [-0.05, 0) is 25.5 Å². The fourth-order valence-electron chi connectivity index (χ4n) is 6.52. The van der Waals surface area contributed by atoms with E-state index in [2.05, 4.69) is 95.4 Å². The van der Waals surface area contributed by atoms with Crippen LogP contribution in [0.2, 0.25) is 13.1 Å². The first-order valence-corrected chi connectivity index (χ1v) is 18.5. The molecule has 0 fully saturated rings. The third-order valence-corrected chi connectivity index (χ3v) is 15.5. The molecule has 0 N–H and O–H groups in total. The number of aryl methyl sites for hydroxylation is 2. The summed E-state index contributed by atoms with van der Waals surface area (Å²) >= 11 is 3.62. The molecule has 2 unspecified atom stereocenters. The minimum atomic E-state index is -0.995. The van der Waals surface area contributed by atoms with E-state index in [-0.39, 0.29) is 24.8 Å². The first-order chi connectivity index (χ1) is 16.7. The van der Waals surface area contributed by atoms with Crippen molar-refractivity contribution >= 4 is 30.7 Å². The Balaban J connectivity index is 0.000000217. The second kappa shape index (κ2) is 12.2. The van der Waals surface area contributed by atoms with Crippen LogP contribution in [-0.2, 0) is 31.1 Å². The van der Waals surface area contributed by atoms with E-state index < -0.39 is 8.07 Å². The predicted molar refractivity (Wildman–Crippen MR) is 153 cm³/mol. The van der Waals surface area contributed by atoms with Gasteiger partial charge in [-0.25, -0.2) is 0 Å². The maximum Gasteiger partial charge on any atom is -1.00 e. The largest absolute Gasteiger partial charge is 1.00 e. The molecular weight excluding hydrogens is 607 g/mol. The van der Waals surface area contributed by atoms with Crippen molar-refractivity contribution in [1.82, 2.24) is 0 Å². The van der Waals surface area contributed by atoms with Gasteiger partial charge in [0.15, 0.2) is 0 Å². The Morgan fingerprint density at radius 1 is 0.919 bits per heavy atom. The summed E-state index contributed by atoms with van der Waals surface area (Å²) in [4.78, 5) is 3.19. The number of benzene rings is 2. The van der Waals surface area contributed by atoms with Gasteiger partial charge in [0.25, 0.3) is 0 Å². The molecule has 3 heterocycles. The van der Waals surface area contributed by atoms with Gasteiger partial charge in [-0.15, -0.1) is 11.3 Å². The molecule has 1 aromatic heterocycles. The van der Waals surface area contributed by atoms with Crippen molar-refractivity contribution < 1.29 is 49.5 Å². The molecule has 2 aliphatic carbocycles. The zero-order valence-corrected chi connectivity index (χ0v) is 28.6. The molecule has 0 amide bonds. The molecule has 0 radical (unpaired) electrons. The Bertz CT molecular complexity index is 1330. The van der Waals surface area contributed by atoms with Crippen molar-refractivity contribution in [3.63, 3.8) is 0 Å². The van der Waals surface area contributed by atoms with Crippen molar-refractivity contribution in [1.29, 1.82) is 0 Å². The molecule has 5 heteroatoms. The van der Waals surface area contributed by atoms with Crippen LogP contribution >= 0.6 is 11.3 Å². The summed E-state index contributed by atoms with van der Waals surface area (Å²) < 4.78 is 0.649. The molecule has 0 saturated carbocycles. The van der Waals surface area contributed by atoms with Crippen LogP contribution in [-0.4, -0.2) is 8.07 Å². The van der Waals surface area contributed by atoms with E-state index >= 15 is 0 Å². The fraction of sp³-hybridized carbons (Fsp3) is 0.375. The first-order valence-electron chi connectivity index (χ1n) is 13.2. The van der Waals surface area contributed by atoms with Crippen LogP contribution in [0.1, 0.15) is 81.2 Å². The van der Waals surface area contributed by atoms with Crippen LogP contribution in [0.4, 0.5) is 0 Å². The summed E-state index contributed by atoms with van der Waals surface area (Å²) in [7, 11) is -0.995. The smallest absolute Gasteiger partial charge is 1.00 e. The Morgan fingerprint density at radius 2 is 1.62 bits per heavy atom. The van der Waals surface area contributed by atoms with Gasteiger partial charge in [0.05, 0.1) is 8.07 Å². The molecule has 7 rings (SSSR count). The molecule has 0 spiro atoms.